The third-order valence-corrected chi connectivity index (χ3v) is 7.02. The van der Waals surface area contributed by atoms with Gasteiger partial charge in [-0.05, 0) is 78.2 Å². The van der Waals surface area contributed by atoms with E-state index in [-0.39, 0.29) is 12.7 Å². The topological polar surface area (TPSA) is 69.6 Å². The molecular weight excluding hydrogens is 500 g/mol. The summed E-state index contributed by atoms with van der Waals surface area (Å²) >= 11 is 1.39. The van der Waals surface area contributed by atoms with Gasteiger partial charge in [0, 0.05) is 6.54 Å². The van der Waals surface area contributed by atoms with Crippen molar-refractivity contribution in [2.75, 3.05) is 20.4 Å². The summed E-state index contributed by atoms with van der Waals surface area (Å²) < 4.78 is 22.4. The van der Waals surface area contributed by atoms with Crippen molar-refractivity contribution in [3.63, 3.8) is 0 Å². The average Bonchev–Trinajstić information content (AvgIpc) is 3.49. The van der Waals surface area contributed by atoms with Crippen molar-refractivity contribution in [2.45, 2.75) is 27.4 Å². The molecule has 2 aliphatic heterocycles. The standard InChI is InChI=1S/C30H30N2O5S/c1-19(2)16-32-29(33)28(38-30(32)31-23-9-5-20(3)6-10-23)15-21-7-11-24(26(13-21)34-4)35-17-22-8-12-25-27(14-22)37-18-36-25/h5-15,19H,16-18H2,1-4H3/b28-15+,31-30?. The van der Waals surface area contributed by atoms with Crippen molar-refractivity contribution in [2.24, 2.45) is 10.9 Å². The molecule has 1 saturated heterocycles. The van der Waals surface area contributed by atoms with Crippen LogP contribution < -0.4 is 18.9 Å². The first-order chi connectivity index (χ1) is 18.4. The molecule has 1 amide bonds. The predicted octanol–water partition coefficient (Wildman–Crippen LogP) is 6.57. The smallest absolute Gasteiger partial charge is 0.266 e. The summed E-state index contributed by atoms with van der Waals surface area (Å²) in [7, 11) is 1.60. The molecule has 2 aliphatic rings. The zero-order valence-electron chi connectivity index (χ0n) is 21.9. The van der Waals surface area contributed by atoms with Crippen LogP contribution in [0.3, 0.4) is 0 Å². The molecule has 0 aromatic heterocycles. The van der Waals surface area contributed by atoms with Gasteiger partial charge < -0.3 is 18.9 Å². The average molecular weight is 531 g/mol. The van der Waals surface area contributed by atoms with Crippen molar-refractivity contribution >= 4 is 34.6 Å². The number of hydrogen-bond acceptors (Lipinski definition) is 7. The Bertz CT molecular complexity index is 1400. The Morgan fingerprint density at radius 3 is 2.58 bits per heavy atom. The fourth-order valence-corrected chi connectivity index (χ4v) is 5.09. The van der Waals surface area contributed by atoms with Crippen molar-refractivity contribution in [1.29, 1.82) is 0 Å². The number of thioether (sulfide) groups is 1. The van der Waals surface area contributed by atoms with Gasteiger partial charge in [-0.2, -0.15) is 0 Å². The number of nitrogens with zero attached hydrogens (tertiary/aromatic N) is 2. The van der Waals surface area contributed by atoms with Gasteiger partial charge >= 0.3 is 0 Å². The van der Waals surface area contributed by atoms with Crippen LogP contribution in [0.25, 0.3) is 6.08 Å². The molecule has 7 nitrogen and oxygen atoms in total. The second-order valence-corrected chi connectivity index (χ2v) is 10.5. The van der Waals surface area contributed by atoms with E-state index in [0.29, 0.717) is 40.6 Å². The van der Waals surface area contributed by atoms with Crippen molar-refractivity contribution in [3.8, 4) is 23.0 Å². The number of aliphatic imine (C=N–C) groups is 1. The summed E-state index contributed by atoms with van der Waals surface area (Å²) in [5, 5.41) is 0.689. The fraction of sp³-hybridized carbons (Fsp3) is 0.267. The van der Waals surface area contributed by atoms with Crippen molar-refractivity contribution in [3.05, 3.63) is 82.3 Å². The SMILES string of the molecule is COc1cc(/C=C2/SC(=Nc3ccc(C)cc3)N(CC(C)C)C2=O)ccc1OCc1ccc2c(c1)OCO2. The number of carbonyl (C=O) groups is 1. The molecule has 2 heterocycles. The first-order valence-corrected chi connectivity index (χ1v) is 13.3. The molecule has 5 rings (SSSR count). The second-order valence-electron chi connectivity index (χ2n) is 9.54. The number of rotatable bonds is 8. The molecule has 196 valence electrons. The van der Waals surface area contributed by atoms with Gasteiger partial charge in [0.1, 0.15) is 6.61 Å². The van der Waals surface area contributed by atoms with E-state index in [1.54, 1.807) is 12.0 Å². The largest absolute Gasteiger partial charge is 0.493 e. The van der Waals surface area contributed by atoms with Crippen LogP contribution in [-0.2, 0) is 11.4 Å². The maximum absolute atomic E-state index is 13.3. The predicted molar refractivity (Wildman–Crippen MR) is 150 cm³/mol. The minimum atomic E-state index is -0.0448. The van der Waals surface area contributed by atoms with Crippen LogP contribution in [0.15, 0.2) is 70.6 Å². The summed E-state index contributed by atoms with van der Waals surface area (Å²) in [6, 6.07) is 19.4. The molecule has 0 bridgehead atoms. The van der Waals surface area contributed by atoms with Crippen LogP contribution in [-0.4, -0.2) is 36.4 Å². The maximum atomic E-state index is 13.3. The maximum Gasteiger partial charge on any atom is 0.266 e. The molecule has 38 heavy (non-hydrogen) atoms. The van der Waals surface area contributed by atoms with Gasteiger partial charge in [0.2, 0.25) is 6.79 Å². The highest BCUT2D eigenvalue weighted by molar-refractivity contribution is 8.18. The minimum absolute atomic E-state index is 0.0448. The van der Waals surface area contributed by atoms with E-state index < -0.39 is 0 Å². The first kappa shape index (κ1) is 25.7. The molecular formula is C30H30N2O5S. The molecule has 0 atom stereocenters. The molecule has 0 N–H and O–H groups in total. The van der Waals surface area contributed by atoms with Crippen LogP contribution >= 0.6 is 11.8 Å². The monoisotopic (exact) mass is 530 g/mol. The quantitative estimate of drug-likeness (QED) is 0.307. The summed E-state index contributed by atoms with van der Waals surface area (Å²) in [5.74, 6) is 2.92. The third kappa shape index (κ3) is 5.81. The Hall–Kier alpha value is -3.91. The molecule has 8 heteroatoms. The highest BCUT2D eigenvalue weighted by Crippen LogP contribution is 2.37. The van der Waals surface area contributed by atoms with Gasteiger partial charge in [-0.25, -0.2) is 4.99 Å². The zero-order valence-corrected chi connectivity index (χ0v) is 22.7. The lowest BCUT2D eigenvalue weighted by atomic mass is 10.1. The van der Waals surface area contributed by atoms with E-state index in [4.69, 9.17) is 23.9 Å². The van der Waals surface area contributed by atoms with Crippen LogP contribution in [0.2, 0.25) is 0 Å². The number of fused-ring (bicyclic) bond motifs is 1. The fourth-order valence-electron chi connectivity index (χ4n) is 4.08. The van der Waals surface area contributed by atoms with Gasteiger partial charge in [0.15, 0.2) is 28.2 Å². The van der Waals surface area contributed by atoms with Crippen LogP contribution in [0, 0.1) is 12.8 Å². The van der Waals surface area contributed by atoms with Gasteiger partial charge in [-0.1, -0.05) is 43.7 Å². The number of aryl methyl sites for hydroxylation is 1. The van der Waals surface area contributed by atoms with Gasteiger partial charge in [-0.15, -0.1) is 0 Å². The molecule has 0 radical (unpaired) electrons. The van der Waals surface area contributed by atoms with Crippen molar-refractivity contribution < 1.29 is 23.7 Å². The molecule has 3 aromatic rings. The summed E-state index contributed by atoms with van der Waals surface area (Å²) in [4.78, 5) is 20.5. The van der Waals surface area contributed by atoms with Crippen molar-refractivity contribution in [1.82, 2.24) is 4.90 Å². The van der Waals surface area contributed by atoms with Gasteiger partial charge in [0.05, 0.1) is 17.7 Å². The minimum Gasteiger partial charge on any atom is -0.493 e. The number of ether oxygens (including phenoxy) is 4. The van der Waals surface area contributed by atoms with Gasteiger partial charge in [-0.3, -0.25) is 9.69 Å². The summed E-state index contributed by atoms with van der Waals surface area (Å²) in [5.41, 5.74) is 3.79. The molecule has 0 aliphatic carbocycles. The normalized spacial score (nSPS) is 16.7. The Morgan fingerprint density at radius 2 is 1.82 bits per heavy atom. The molecule has 1 fully saturated rings. The van der Waals surface area contributed by atoms with Crippen LogP contribution in [0.5, 0.6) is 23.0 Å². The highest BCUT2D eigenvalue weighted by Gasteiger charge is 2.33. The van der Waals surface area contributed by atoms with E-state index in [9.17, 15) is 4.79 Å². The van der Waals surface area contributed by atoms with E-state index >= 15 is 0 Å². The molecule has 0 unspecified atom stereocenters. The molecule has 0 saturated carbocycles. The Labute approximate surface area is 227 Å². The first-order valence-electron chi connectivity index (χ1n) is 12.5. The zero-order chi connectivity index (χ0) is 26.6. The number of benzene rings is 3. The highest BCUT2D eigenvalue weighted by atomic mass is 32.2. The van der Waals surface area contributed by atoms with Crippen LogP contribution in [0.4, 0.5) is 5.69 Å². The number of carbonyl (C=O) groups excluding carboxylic acids is 1. The summed E-state index contributed by atoms with van der Waals surface area (Å²) in [6.07, 6.45) is 1.88. The molecule has 3 aromatic carbocycles. The Morgan fingerprint density at radius 1 is 1.03 bits per heavy atom. The van der Waals surface area contributed by atoms with E-state index in [1.165, 1.54) is 17.3 Å². The number of amides is 1. The third-order valence-electron chi connectivity index (χ3n) is 6.01. The Kier molecular flexibility index (Phi) is 7.60. The molecule has 0 spiro atoms. The lowest BCUT2D eigenvalue weighted by Crippen LogP contribution is -2.32. The van der Waals surface area contributed by atoms with Gasteiger partial charge in [0.25, 0.3) is 5.91 Å². The Balaban J connectivity index is 1.35. The lowest BCUT2D eigenvalue weighted by molar-refractivity contribution is -0.122. The van der Waals surface area contributed by atoms with E-state index in [2.05, 4.69) is 13.8 Å². The summed E-state index contributed by atoms with van der Waals surface area (Å²) in [6.45, 7) is 7.42. The number of methoxy groups -OCH3 is 1. The lowest BCUT2D eigenvalue weighted by Gasteiger charge is -2.17. The number of hydrogen-bond donors (Lipinski definition) is 0. The van der Waals surface area contributed by atoms with E-state index in [1.807, 2.05) is 73.7 Å². The van der Waals surface area contributed by atoms with E-state index in [0.717, 1.165) is 28.3 Å². The second kappa shape index (κ2) is 11.2. The van der Waals surface area contributed by atoms with Crippen LogP contribution in [0.1, 0.15) is 30.5 Å². The number of amidine groups is 1.